The van der Waals surface area contributed by atoms with Crippen LogP contribution in [0.2, 0.25) is 15.2 Å². The fourth-order valence-electron chi connectivity index (χ4n) is 1.72. The number of anilines is 2. The summed E-state index contributed by atoms with van der Waals surface area (Å²) in [7, 11) is 0. The van der Waals surface area contributed by atoms with Gasteiger partial charge < -0.3 is 5.32 Å². The van der Waals surface area contributed by atoms with E-state index in [0.717, 1.165) is 5.69 Å². The Morgan fingerprint density at radius 2 is 1.75 bits per heavy atom. The minimum atomic E-state index is 0.379. The van der Waals surface area contributed by atoms with Crippen LogP contribution < -0.4 is 5.32 Å². The Hall–Kier alpha value is -1.62. The molecule has 0 unspecified atom stereocenters. The van der Waals surface area contributed by atoms with Crippen molar-refractivity contribution < 1.29 is 0 Å². The van der Waals surface area contributed by atoms with E-state index in [9.17, 15) is 0 Å². The summed E-state index contributed by atoms with van der Waals surface area (Å²) in [5.74, 6) is 0.552. The highest BCUT2D eigenvalue weighted by molar-refractivity contribution is 6.42. The first-order chi connectivity index (χ1) is 9.63. The maximum absolute atomic E-state index is 5.98. The Labute approximate surface area is 129 Å². The van der Waals surface area contributed by atoms with Gasteiger partial charge in [-0.15, -0.1) is 0 Å². The molecule has 20 heavy (non-hydrogen) atoms. The molecule has 0 spiro atoms. The Balaban J connectivity index is 2.05. The first-order valence-corrected chi connectivity index (χ1v) is 6.76. The number of aromatic nitrogens is 3. The predicted octanol–water partition coefficient (Wildman–Crippen LogP) is 4.73. The van der Waals surface area contributed by atoms with E-state index in [-0.39, 0.29) is 0 Å². The van der Waals surface area contributed by atoms with E-state index in [0.29, 0.717) is 32.0 Å². The van der Waals surface area contributed by atoms with Gasteiger partial charge in [0.05, 0.1) is 15.6 Å². The quantitative estimate of drug-likeness (QED) is 0.692. The molecule has 0 saturated carbocycles. The summed E-state index contributed by atoms with van der Waals surface area (Å²) in [5, 5.41) is 4.46. The third kappa shape index (κ3) is 2.63. The average Bonchev–Trinajstić information content (AvgIpc) is 2.44. The van der Waals surface area contributed by atoms with Crippen LogP contribution in [0.1, 0.15) is 0 Å². The van der Waals surface area contributed by atoms with Crippen molar-refractivity contribution in [2.24, 2.45) is 0 Å². The van der Waals surface area contributed by atoms with E-state index in [4.69, 9.17) is 34.8 Å². The molecule has 2 heterocycles. The summed E-state index contributed by atoms with van der Waals surface area (Å²) in [6, 6.07) is 8.68. The number of fused-ring (bicyclic) bond motifs is 1. The molecule has 0 aliphatic rings. The second kappa shape index (κ2) is 5.40. The van der Waals surface area contributed by atoms with Gasteiger partial charge in [-0.2, -0.15) is 0 Å². The molecule has 0 radical (unpaired) electrons. The van der Waals surface area contributed by atoms with Crippen LogP contribution in [-0.4, -0.2) is 15.0 Å². The van der Waals surface area contributed by atoms with Crippen LogP contribution >= 0.6 is 34.8 Å². The number of rotatable bonds is 2. The van der Waals surface area contributed by atoms with Crippen molar-refractivity contribution in [3.8, 4) is 0 Å². The summed E-state index contributed by atoms with van der Waals surface area (Å²) in [5.41, 5.74) is 2.04. The van der Waals surface area contributed by atoms with Gasteiger partial charge in [0.15, 0.2) is 5.82 Å². The van der Waals surface area contributed by atoms with E-state index < -0.39 is 0 Å². The van der Waals surface area contributed by atoms with E-state index >= 15 is 0 Å². The lowest BCUT2D eigenvalue weighted by Gasteiger charge is -2.08. The molecule has 2 aromatic heterocycles. The number of pyridine rings is 1. The second-order valence-electron chi connectivity index (χ2n) is 3.98. The highest BCUT2D eigenvalue weighted by Crippen LogP contribution is 2.28. The van der Waals surface area contributed by atoms with Gasteiger partial charge in [0.1, 0.15) is 17.0 Å². The van der Waals surface area contributed by atoms with Crippen LogP contribution in [0, 0.1) is 0 Å². The minimum Gasteiger partial charge on any atom is -0.338 e. The summed E-state index contributed by atoms with van der Waals surface area (Å²) in [4.78, 5) is 12.5. The molecular weight excluding hydrogens is 319 g/mol. The van der Waals surface area contributed by atoms with E-state index in [2.05, 4.69) is 20.3 Å². The van der Waals surface area contributed by atoms with E-state index in [1.165, 1.54) is 6.33 Å². The Kier molecular flexibility index (Phi) is 3.61. The van der Waals surface area contributed by atoms with Gasteiger partial charge in [-0.05, 0) is 30.3 Å². The number of nitrogens with zero attached hydrogens (tertiary/aromatic N) is 3. The summed E-state index contributed by atoms with van der Waals surface area (Å²) in [6.45, 7) is 0. The topological polar surface area (TPSA) is 50.7 Å². The van der Waals surface area contributed by atoms with Gasteiger partial charge in [0, 0.05) is 5.69 Å². The van der Waals surface area contributed by atoms with Gasteiger partial charge in [0.25, 0.3) is 0 Å². The highest BCUT2D eigenvalue weighted by atomic mass is 35.5. The zero-order valence-corrected chi connectivity index (χ0v) is 12.2. The molecule has 1 aromatic carbocycles. The van der Waals surface area contributed by atoms with E-state index in [1.807, 2.05) is 0 Å². The van der Waals surface area contributed by atoms with Crippen molar-refractivity contribution in [3.63, 3.8) is 0 Å². The van der Waals surface area contributed by atoms with Crippen molar-refractivity contribution in [2.45, 2.75) is 0 Å². The van der Waals surface area contributed by atoms with Crippen LogP contribution in [0.3, 0.4) is 0 Å². The van der Waals surface area contributed by atoms with Crippen molar-refractivity contribution in [1.82, 2.24) is 15.0 Å². The molecule has 0 fully saturated rings. The van der Waals surface area contributed by atoms with Gasteiger partial charge in [-0.3, -0.25) is 0 Å². The van der Waals surface area contributed by atoms with E-state index in [1.54, 1.807) is 30.3 Å². The third-order valence-corrected chi connectivity index (χ3v) is 3.58. The van der Waals surface area contributed by atoms with Crippen LogP contribution in [0.5, 0.6) is 0 Å². The van der Waals surface area contributed by atoms with Gasteiger partial charge in [-0.1, -0.05) is 34.8 Å². The normalized spacial score (nSPS) is 10.8. The Bertz CT molecular complexity index is 792. The molecule has 0 saturated heterocycles. The molecule has 0 atom stereocenters. The molecule has 7 heteroatoms. The lowest BCUT2D eigenvalue weighted by Crippen LogP contribution is -1.97. The number of hydrogen-bond acceptors (Lipinski definition) is 4. The van der Waals surface area contributed by atoms with Crippen molar-refractivity contribution in [2.75, 3.05) is 5.32 Å². The molecule has 0 aliphatic carbocycles. The Morgan fingerprint density at radius 3 is 2.55 bits per heavy atom. The standard InChI is InChI=1S/C13H7Cl3N4/c14-8-2-1-7(5-9(8)15)19-13-12-10(17-6-18-13)3-4-11(16)20-12/h1-6H,(H,17,18,19). The molecule has 0 bridgehead atoms. The average molecular weight is 326 g/mol. The molecule has 3 aromatic rings. The smallest absolute Gasteiger partial charge is 0.160 e. The lowest BCUT2D eigenvalue weighted by atomic mass is 10.3. The Morgan fingerprint density at radius 1 is 0.900 bits per heavy atom. The summed E-state index contributed by atoms with van der Waals surface area (Å²) < 4.78 is 0. The van der Waals surface area contributed by atoms with Gasteiger partial charge in [0.2, 0.25) is 0 Å². The SMILES string of the molecule is Clc1ccc2ncnc(Nc3ccc(Cl)c(Cl)c3)c2n1. The summed E-state index contributed by atoms with van der Waals surface area (Å²) >= 11 is 17.8. The van der Waals surface area contributed by atoms with Gasteiger partial charge in [-0.25, -0.2) is 15.0 Å². The van der Waals surface area contributed by atoms with Gasteiger partial charge >= 0.3 is 0 Å². The highest BCUT2D eigenvalue weighted by Gasteiger charge is 2.07. The number of benzene rings is 1. The zero-order valence-electron chi connectivity index (χ0n) is 9.94. The molecule has 0 aliphatic heterocycles. The maximum atomic E-state index is 5.98. The minimum absolute atomic E-state index is 0.379. The second-order valence-corrected chi connectivity index (χ2v) is 5.18. The molecule has 4 nitrogen and oxygen atoms in total. The van der Waals surface area contributed by atoms with Crippen molar-refractivity contribution in [1.29, 1.82) is 0 Å². The van der Waals surface area contributed by atoms with Crippen LogP contribution in [0.4, 0.5) is 11.5 Å². The summed E-state index contributed by atoms with van der Waals surface area (Å²) in [6.07, 6.45) is 1.46. The lowest BCUT2D eigenvalue weighted by molar-refractivity contribution is 1.19. The third-order valence-electron chi connectivity index (χ3n) is 2.63. The van der Waals surface area contributed by atoms with Crippen LogP contribution in [0.15, 0.2) is 36.7 Å². The van der Waals surface area contributed by atoms with Crippen LogP contribution in [0.25, 0.3) is 11.0 Å². The molecule has 1 N–H and O–H groups in total. The van der Waals surface area contributed by atoms with Crippen molar-refractivity contribution in [3.05, 3.63) is 51.9 Å². The molecular formula is C13H7Cl3N4. The predicted molar refractivity (Wildman–Crippen MR) is 82.1 cm³/mol. The zero-order chi connectivity index (χ0) is 14.1. The monoisotopic (exact) mass is 324 g/mol. The first kappa shape index (κ1) is 13.4. The first-order valence-electron chi connectivity index (χ1n) is 5.63. The molecule has 100 valence electrons. The molecule has 0 amide bonds. The maximum Gasteiger partial charge on any atom is 0.160 e. The van der Waals surface area contributed by atoms with Crippen LogP contribution in [-0.2, 0) is 0 Å². The fourth-order valence-corrected chi connectivity index (χ4v) is 2.16. The number of nitrogens with one attached hydrogen (secondary N) is 1. The number of hydrogen-bond donors (Lipinski definition) is 1. The molecule has 3 rings (SSSR count). The fraction of sp³-hybridized carbons (Fsp3) is 0. The van der Waals surface area contributed by atoms with Crippen molar-refractivity contribution >= 4 is 57.3 Å². The number of halogens is 3. The largest absolute Gasteiger partial charge is 0.338 e.